The van der Waals surface area contributed by atoms with Crippen LogP contribution in [0.2, 0.25) is 35.7 Å². The highest BCUT2D eigenvalue weighted by Gasteiger charge is 2.23. The molecule has 0 spiro atoms. The molecule has 0 radical (unpaired) electrons. The van der Waals surface area contributed by atoms with E-state index in [0.29, 0.717) is 92.8 Å². The number of aryl methyl sites for hydroxylation is 2. The Balaban J connectivity index is 0.000000197. The van der Waals surface area contributed by atoms with Gasteiger partial charge in [-0.3, -0.25) is 19.0 Å². The Bertz CT molecular complexity index is 2970. The largest absolute Gasteiger partial charge is 0.383 e. The zero-order valence-electron chi connectivity index (χ0n) is 37.3. The van der Waals surface area contributed by atoms with Gasteiger partial charge in [-0.05, 0) is 56.3 Å². The number of methoxy groups -OCH3 is 2. The first kappa shape index (κ1) is 46.2. The predicted molar refractivity (Wildman–Crippen MR) is 253 cm³/mol. The summed E-state index contributed by atoms with van der Waals surface area (Å²) in [6, 6.07) is 12.0. The van der Waals surface area contributed by atoms with Crippen molar-refractivity contribution in [1.29, 1.82) is 0 Å². The molecule has 2 atom stereocenters. The number of aromatic amines is 1. The number of aromatic nitrogens is 10. The van der Waals surface area contributed by atoms with E-state index in [0.717, 1.165) is 27.8 Å². The molecule has 6 heterocycles. The summed E-state index contributed by atoms with van der Waals surface area (Å²) in [5, 5.41) is 18.2. The lowest BCUT2D eigenvalue weighted by molar-refractivity contribution is 0.0879. The first-order valence-electron chi connectivity index (χ1n) is 20.7. The minimum atomic E-state index is -1.21. The number of rotatable bonds is 15. The van der Waals surface area contributed by atoms with Gasteiger partial charge in [0, 0.05) is 88.3 Å². The van der Waals surface area contributed by atoms with Gasteiger partial charge in [0.1, 0.15) is 40.5 Å². The Labute approximate surface area is 380 Å². The number of H-pyrrole nitrogens is 1. The second-order valence-electron chi connectivity index (χ2n) is 16.9. The number of halogens is 2. The molecule has 8 aromatic rings. The van der Waals surface area contributed by atoms with Crippen molar-refractivity contribution >= 4 is 87.2 Å². The molecule has 3 N–H and O–H groups in total. The van der Waals surface area contributed by atoms with Crippen molar-refractivity contribution in [3.8, 4) is 22.8 Å². The third-order valence-corrected chi connectivity index (χ3v) is 12.5. The molecule has 0 saturated carbocycles. The van der Waals surface area contributed by atoms with Gasteiger partial charge in [0.25, 0.3) is 11.8 Å². The van der Waals surface area contributed by atoms with Crippen molar-refractivity contribution in [3.05, 3.63) is 82.4 Å². The third kappa shape index (κ3) is 10.3. The first-order valence-corrected chi connectivity index (χ1v) is 25.1. The number of amides is 2. The molecule has 0 aliphatic rings. The summed E-state index contributed by atoms with van der Waals surface area (Å²) in [6.07, 6.45) is 6.70. The number of benzene rings is 2. The maximum absolute atomic E-state index is 13.2. The molecule has 0 fully saturated rings. The van der Waals surface area contributed by atoms with Crippen molar-refractivity contribution in [3.63, 3.8) is 0 Å². The molecule has 336 valence electrons. The lowest BCUT2D eigenvalue weighted by atomic mass is 10.1. The summed E-state index contributed by atoms with van der Waals surface area (Å²) in [5.41, 5.74) is 7.27. The topological polar surface area (TPSA) is 194 Å². The van der Waals surface area contributed by atoms with Crippen molar-refractivity contribution in [2.24, 2.45) is 14.1 Å². The summed E-state index contributed by atoms with van der Waals surface area (Å²) in [5.74, 6) is -0.477. The van der Waals surface area contributed by atoms with Crippen LogP contribution in [0, 0.1) is 0 Å². The SMILES string of the molecule is COC[C@@H](C)NC(=O)c1c[nH]c2ncc(-c3nn(C)c4cc(Cl)ccc34)nc12.COC[C@@H](C)NC(=O)c1cn(COCC[Si](C)(C)C)c2ncc(-c3nn(C)c4cc(Cl)ccc34)nc12. The number of ether oxygens (including phenoxy) is 3. The van der Waals surface area contributed by atoms with Crippen LogP contribution in [-0.4, -0.2) is 115 Å². The molecular formula is C44H52Cl2N12O5Si. The molecule has 2 aromatic carbocycles. The molecule has 0 unspecified atom stereocenters. The average molecular weight is 928 g/mol. The van der Waals surface area contributed by atoms with E-state index < -0.39 is 8.07 Å². The number of hydrogen-bond donors (Lipinski definition) is 3. The van der Waals surface area contributed by atoms with Gasteiger partial charge in [-0.1, -0.05) is 42.8 Å². The monoisotopic (exact) mass is 926 g/mol. The predicted octanol–water partition coefficient (Wildman–Crippen LogP) is 7.65. The summed E-state index contributed by atoms with van der Waals surface area (Å²) in [4.78, 5) is 47.4. The van der Waals surface area contributed by atoms with Crippen LogP contribution in [0.3, 0.4) is 0 Å². The van der Waals surface area contributed by atoms with Gasteiger partial charge >= 0.3 is 0 Å². The van der Waals surface area contributed by atoms with Crippen LogP contribution >= 0.6 is 23.2 Å². The van der Waals surface area contributed by atoms with Gasteiger partial charge in [-0.25, -0.2) is 19.9 Å². The molecular weight excluding hydrogens is 876 g/mol. The standard InChI is InChI=1S/C25H33ClN6O3Si.C19H19ClN6O2/c1-16(14-34-3)28-25(33)19-13-32(15-35-9-10-36(4,5)6)24-23(19)29-20(12-27-24)22-18-8-7-17(26)11-21(18)31(2)30-22;1-10(9-28-3)23-19(27)13-7-21-18-17(13)24-14(8-22-18)16-12-5-4-11(20)6-15(12)26(2)25-16/h7-8,11-13,16H,9-10,14-15H2,1-6H3,(H,28,33);4-8,10H,9H2,1-3H3,(H,21,22)(H,23,27)/t16-;10-/m11/s1. The molecule has 20 heteroatoms. The van der Waals surface area contributed by atoms with Gasteiger partial charge in [-0.2, -0.15) is 10.2 Å². The van der Waals surface area contributed by atoms with E-state index in [1.807, 2.05) is 68.9 Å². The number of fused-ring (bicyclic) bond motifs is 4. The summed E-state index contributed by atoms with van der Waals surface area (Å²) in [6.45, 7) is 12.5. The normalized spacial score (nSPS) is 12.8. The molecule has 2 amide bonds. The van der Waals surface area contributed by atoms with Gasteiger partial charge in [0.15, 0.2) is 11.3 Å². The van der Waals surface area contributed by atoms with E-state index in [9.17, 15) is 9.59 Å². The minimum absolute atomic E-state index is 0.122. The van der Waals surface area contributed by atoms with Gasteiger partial charge in [0.05, 0.1) is 47.8 Å². The third-order valence-electron chi connectivity index (χ3n) is 10.4. The van der Waals surface area contributed by atoms with Crippen LogP contribution in [0.4, 0.5) is 0 Å². The smallest absolute Gasteiger partial charge is 0.255 e. The van der Waals surface area contributed by atoms with Gasteiger partial charge < -0.3 is 34.4 Å². The summed E-state index contributed by atoms with van der Waals surface area (Å²) < 4.78 is 21.5. The van der Waals surface area contributed by atoms with Crippen molar-refractivity contribution in [2.75, 3.05) is 34.0 Å². The Morgan fingerprint density at radius 3 is 1.86 bits per heavy atom. The van der Waals surface area contributed by atoms with E-state index in [2.05, 4.69) is 60.4 Å². The lowest BCUT2D eigenvalue weighted by Crippen LogP contribution is -2.35. The average Bonchev–Trinajstić information content (AvgIpc) is 4.01. The fourth-order valence-corrected chi connectivity index (χ4v) is 8.27. The van der Waals surface area contributed by atoms with Crippen molar-refractivity contribution in [1.82, 2.24) is 59.7 Å². The molecule has 0 saturated heterocycles. The van der Waals surface area contributed by atoms with Gasteiger partial charge in [0.2, 0.25) is 0 Å². The second-order valence-corrected chi connectivity index (χ2v) is 23.4. The second kappa shape index (κ2) is 19.5. The fourth-order valence-electron chi connectivity index (χ4n) is 7.18. The maximum Gasteiger partial charge on any atom is 0.255 e. The fraction of sp³-hybridized carbons (Fsp3) is 0.364. The van der Waals surface area contributed by atoms with E-state index in [-0.39, 0.29) is 23.9 Å². The Kier molecular flexibility index (Phi) is 14.1. The minimum Gasteiger partial charge on any atom is -0.383 e. The molecule has 17 nitrogen and oxygen atoms in total. The van der Waals surface area contributed by atoms with E-state index in [4.69, 9.17) is 42.4 Å². The molecule has 0 aliphatic carbocycles. The van der Waals surface area contributed by atoms with Crippen molar-refractivity contribution in [2.45, 2.75) is 58.3 Å². The zero-order valence-corrected chi connectivity index (χ0v) is 39.8. The lowest BCUT2D eigenvalue weighted by Gasteiger charge is -2.15. The molecule has 6 aromatic heterocycles. The Hall–Kier alpha value is -5.76. The van der Waals surface area contributed by atoms with E-state index in [1.165, 1.54) is 0 Å². The number of carbonyl (C=O) groups excluding carboxylic acids is 2. The van der Waals surface area contributed by atoms with Gasteiger partial charge in [-0.15, -0.1) is 0 Å². The maximum atomic E-state index is 13.2. The molecule has 8 rings (SSSR count). The molecule has 0 aliphatic heterocycles. The molecule has 0 bridgehead atoms. The van der Waals surface area contributed by atoms with Crippen LogP contribution < -0.4 is 10.6 Å². The van der Waals surface area contributed by atoms with Crippen LogP contribution in [-0.2, 0) is 35.0 Å². The highest BCUT2D eigenvalue weighted by Crippen LogP contribution is 2.31. The summed E-state index contributed by atoms with van der Waals surface area (Å²) in [7, 11) is 5.69. The quantitative estimate of drug-likeness (QED) is 0.0676. The highest BCUT2D eigenvalue weighted by atomic mass is 35.5. The van der Waals surface area contributed by atoms with Crippen LogP contribution in [0.5, 0.6) is 0 Å². The van der Waals surface area contributed by atoms with E-state index >= 15 is 0 Å². The van der Waals surface area contributed by atoms with Crippen LogP contribution in [0.15, 0.2) is 61.2 Å². The van der Waals surface area contributed by atoms with Crippen LogP contribution in [0.25, 0.3) is 66.9 Å². The Morgan fingerprint density at radius 2 is 1.31 bits per heavy atom. The van der Waals surface area contributed by atoms with Crippen molar-refractivity contribution < 1.29 is 23.8 Å². The Morgan fingerprint density at radius 1 is 0.781 bits per heavy atom. The highest BCUT2D eigenvalue weighted by molar-refractivity contribution is 6.76. The number of carbonyl (C=O) groups is 2. The number of hydrogen-bond acceptors (Lipinski definition) is 11. The number of nitrogens with zero attached hydrogens (tertiary/aromatic N) is 9. The molecule has 64 heavy (non-hydrogen) atoms. The van der Waals surface area contributed by atoms with Crippen LogP contribution in [0.1, 0.15) is 34.6 Å². The number of nitrogens with one attached hydrogen (secondary N) is 3. The van der Waals surface area contributed by atoms with E-state index in [1.54, 1.807) is 48.4 Å². The first-order chi connectivity index (χ1) is 30.5. The zero-order chi connectivity index (χ0) is 45.9. The summed E-state index contributed by atoms with van der Waals surface area (Å²) >= 11 is 12.3.